The highest BCUT2D eigenvalue weighted by atomic mass is 19.4. The zero-order chi connectivity index (χ0) is 14.2. The molecule has 2 aromatic rings. The zero-order valence-corrected chi connectivity index (χ0v) is 9.75. The van der Waals surface area contributed by atoms with Gasteiger partial charge in [0.05, 0.1) is 13.1 Å². The Morgan fingerprint density at radius 1 is 1.16 bits per heavy atom. The van der Waals surface area contributed by atoms with Crippen molar-refractivity contribution in [2.45, 2.75) is 6.18 Å². The number of carboxylic acids is 1. The second-order valence-electron chi connectivity index (χ2n) is 3.83. The normalized spacial score (nSPS) is 11.6. The zero-order valence-electron chi connectivity index (χ0n) is 9.75. The summed E-state index contributed by atoms with van der Waals surface area (Å²) >= 11 is 0. The molecule has 0 saturated carbocycles. The Balaban J connectivity index is 2.91. The van der Waals surface area contributed by atoms with E-state index in [2.05, 4.69) is 0 Å². The van der Waals surface area contributed by atoms with E-state index in [9.17, 15) is 23.1 Å². The van der Waals surface area contributed by atoms with Gasteiger partial charge in [-0.15, -0.1) is 0 Å². The Morgan fingerprint density at radius 3 is 2.37 bits per heavy atom. The second kappa shape index (κ2) is 4.46. The van der Waals surface area contributed by atoms with Crippen LogP contribution in [0.15, 0.2) is 30.3 Å². The Kier molecular flexibility index (Phi) is 3.09. The molecule has 0 radical (unpaired) electrons. The third-order valence-corrected chi connectivity index (χ3v) is 2.75. The molecule has 0 aliphatic carbocycles. The van der Waals surface area contributed by atoms with Crippen molar-refractivity contribution in [2.24, 2.45) is 0 Å². The van der Waals surface area contributed by atoms with Gasteiger partial charge in [-0.25, -0.2) is 0 Å². The molecule has 2 aromatic carbocycles. The van der Waals surface area contributed by atoms with Crippen molar-refractivity contribution >= 4 is 16.7 Å². The molecule has 0 heterocycles. The van der Waals surface area contributed by atoms with Crippen molar-refractivity contribution < 1.29 is 27.8 Å². The van der Waals surface area contributed by atoms with Crippen LogP contribution < -0.4 is 9.84 Å². The minimum Gasteiger partial charge on any atom is -0.545 e. The number of carboxylic acid groups (broad SMARTS) is 1. The summed E-state index contributed by atoms with van der Waals surface area (Å²) in [5.74, 6) is -1.88. The summed E-state index contributed by atoms with van der Waals surface area (Å²) < 4.78 is 43.9. The average Bonchev–Trinajstić information content (AvgIpc) is 2.34. The molecule has 0 atom stereocenters. The molecule has 19 heavy (non-hydrogen) atoms. The maximum Gasteiger partial charge on any atom is 0.420 e. The Hall–Kier alpha value is -2.24. The smallest absolute Gasteiger partial charge is 0.420 e. The molecule has 6 heteroatoms. The number of carbonyl (C=O) groups excluding carboxylic acids is 1. The van der Waals surface area contributed by atoms with E-state index in [4.69, 9.17) is 4.74 Å². The minimum atomic E-state index is -4.64. The third kappa shape index (κ3) is 2.21. The largest absolute Gasteiger partial charge is 0.545 e. The standard InChI is InChI=1S/C13H9F3O3/c1-19-10-6-5-7-8(11(10)13(14,15)16)3-2-4-9(7)12(17)18/h2-6H,1H3,(H,17,18)/p-1. The van der Waals surface area contributed by atoms with Crippen LogP contribution in [-0.4, -0.2) is 13.1 Å². The lowest BCUT2D eigenvalue weighted by atomic mass is 9.99. The van der Waals surface area contributed by atoms with Gasteiger partial charge < -0.3 is 14.6 Å². The highest BCUT2D eigenvalue weighted by Crippen LogP contribution is 2.41. The van der Waals surface area contributed by atoms with Gasteiger partial charge >= 0.3 is 6.18 Å². The van der Waals surface area contributed by atoms with E-state index >= 15 is 0 Å². The first-order chi connectivity index (χ1) is 8.86. The van der Waals surface area contributed by atoms with Crippen molar-refractivity contribution in [3.05, 3.63) is 41.5 Å². The molecule has 0 amide bonds. The van der Waals surface area contributed by atoms with Crippen LogP contribution in [0.3, 0.4) is 0 Å². The van der Waals surface area contributed by atoms with Crippen LogP contribution in [0.1, 0.15) is 15.9 Å². The maximum absolute atomic E-state index is 13.1. The fraction of sp³-hybridized carbons (Fsp3) is 0.154. The van der Waals surface area contributed by atoms with Crippen LogP contribution in [0, 0.1) is 0 Å². The van der Waals surface area contributed by atoms with Gasteiger partial charge in [0.25, 0.3) is 0 Å². The van der Waals surface area contributed by atoms with Gasteiger partial charge in [-0.3, -0.25) is 0 Å². The lowest BCUT2D eigenvalue weighted by Gasteiger charge is -2.16. The topological polar surface area (TPSA) is 49.4 Å². The van der Waals surface area contributed by atoms with E-state index in [0.717, 1.165) is 13.2 Å². The number of methoxy groups -OCH3 is 1. The Bertz CT molecular complexity index is 647. The number of fused-ring (bicyclic) bond motifs is 1. The molecule has 0 aliphatic rings. The van der Waals surface area contributed by atoms with Crippen LogP contribution in [0.2, 0.25) is 0 Å². The number of benzene rings is 2. The third-order valence-electron chi connectivity index (χ3n) is 2.75. The van der Waals surface area contributed by atoms with E-state index < -0.39 is 17.7 Å². The summed E-state index contributed by atoms with van der Waals surface area (Å²) in [4.78, 5) is 10.9. The van der Waals surface area contributed by atoms with Crippen molar-refractivity contribution in [3.8, 4) is 5.75 Å². The Labute approximate surface area is 106 Å². The monoisotopic (exact) mass is 269 g/mol. The summed E-state index contributed by atoms with van der Waals surface area (Å²) in [7, 11) is 1.12. The highest BCUT2D eigenvalue weighted by Gasteiger charge is 2.36. The van der Waals surface area contributed by atoms with Gasteiger partial charge in [-0.2, -0.15) is 13.2 Å². The molecule has 0 unspecified atom stereocenters. The number of halogens is 3. The van der Waals surface area contributed by atoms with Gasteiger partial charge in [-0.05, 0) is 22.9 Å². The van der Waals surface area contributed by atoms with E-state index in [1.54, 1.807) is 0 Å². The molecule has 0 fully saturated rings. The van der Waals surface area contributed by atoms with Gasteiger partial charge in [0, 0.05) is 5.56 Å². The van der Waals surface area contributed by atoms with Crippen LogP contribution in [-0.2, 0) is 6.18 Å². The second-order valence-corrected chi connectivity index (χ2v) is 3.83. The summed E-state index contributed by atoms with van der Waals surface area (Å²) in [5, 5.41) is 10.6. The molecule has 0 aromatic heterocycles. The molecule has 3 nitrogen and oxygen atoms in total. The minimum absolute atomic E-state index is 0.0318. The van der Waals surface area contributed by atoms with Crippen molar-refractivity contribution in [2.75, 3.05) is 7.11 Å². The predicted molar refractivity (Wildman–Crippen MR) is 59.8 cm³/mol. The summed E-state index contributed by atoms with van der Waals surface area (Å²) in [6, 6.07) is 6.01. The van der Waals surface area contributed by atoms with Crippen LogP contribution in [0.5, 0.6) is 5.75 Å². The maximum atomic E-state index is 13.1. The van der Waals surface area contributed by atoms with Crippen molar-refractivity contribution in [3.63, 3.8) is 0 Å². The van der Waals surface area contributed by atoms with E-state index in [0.29, 0.717) is 0 Å². The number of aromatic carboxylic acids is 1. The number of hydrogen-bond acceptors (Lipinski definition) is 3. The van der Waals surface area contributed by atoms with Crippen LogP contribution >= 0.6 is 0 Å². The summed E-state index contributed by atoms with van der Waals surface area (Å²) in [5.41, 5.74) is -1.28. The molecular formula is C13H8F3O3-. The fourth-order valence-electron chi connectivity index (χ4n) is 1.98. The van der Waals surface area contributed by atoms with Gasteiger partial charge in [0.1, 0.15) is 11.3 Å². The van der Waals surface area contributed by atoms with Crippen LogP contribution in [0.25, 0.3) is 10.8 Å². The first-order valence-electron chi connectivity index (χ1n) is 5.24. The highest BCUT2D eigenvalue weighted by molar-refractivity contribution is 6.04. The first-order valence-corrected chi connectivity index (χ1v) is 5.24. The number of ether oxygens (including phenoxy) is 1. The van der Waals surface area contributed by atoms with E-state index in [-0.39, 0.29) is 22.1 Å². The molecule has 0 spiro atoms. The Morgan fingerprint density at radius 2 is 1.84 bits per heavy atom. The lowest BCUT2D eigenvalue weighted by molar-refractivity contribution is -0.254. The molecule has 0 aliphatic heterocycles. The molecule has 0 N–H and O–H groups in total. The summed E-state index contributed by atoms with van der Waals surface area (Å²) in [6.07, 6.45) is -4.64. The molecule has 0 bridgehead atoms. The van der Waals surface area contributed by atoms with Crippen molar-refractivity contribution in [1.82, 2.24) is 0 Å². The average molecular weight is 269 g/mol. The number of carbonyl (C=O) groups is 1. The lowest BCUT2D eigenvalue weighted by Crippen LogP contribution is -2.22. The predicted octanol–water partition coefficient (Wildman–Crippen LogP) is 2.23. The summed E-state index contributed by atoms with van der Waals surface area (Å²) in [6.45, 7) is 0. The van der Waals surface area contributed by atoms with Crippen LogP contribution in [0.4, 0.5) is 13.2 Å². The van der Waals surface area contributed by atoms with Gasteiger partial charge in [-0.1, -0.05) is 18.2 Å². The fourth-order valence-corrected chi connectivity index (χ4v) is 1.98. The van der Waals surface area contributed by atoms with Gasteiger partial charge in [0.2, 0.25) is 0 Å². The van der Waals surface area contributed by atoms with E-state index in [1.807, 2.05) is 0 Å². The number of rotatable bonds is 2. The first kappa shape index (κ1) is 13.2. The SMILES string of the molecule is COc1ccc2c(C(=O)[O-])cccc2c1C(F)(F)F. The molecular weight excluding hydrogens is 261 g/mol. The van der Waals surface area contributed by atoms with E-state index in [1.165, 1.54) is 24.3 Å². The molecule has 100 valence electrons. The van der Waals surface area contributed by atoms with Gasteiger partial charge in [0.15, 0.2) is 0 Å². The number of alkyl halides is 3. The van der Waals surface area contributed by atoms with Crippen molar-refractivity contribution in [1.29, 1.82) is 0 Å². The molecule has 0 saturated heterocycles. The quantitative estimate of drug-likeness (QED) is 0.840. The molecule has 2 rings (SSSR count). The number of hydrogen-bond donors (Lipinski definition) is 0.